The van der Waals surface area contributed by atoms with Gasteiger partial charge in [-0.15, -0.1) is 11.3 Å². The van der Waals surface area contributed by atoms with Gasteiger partial charge in [0, 0.05) is 30.4 Å². The van der Waals surface area contributed by atoms with Crippen molar-refractivity contribution in [1.82, 2.24) is 15.0 Å². The van der Waals surface area contributed by atoms with Crippen molar-refractivity contribution in [3.63, 3.8) is 0 Å². The Morgan fingerprint density at radius 1 is 1.36 bits per heavy atom. The molecule has 1 aliphatic rings. The fourth-order valence-corrected chi connectivity index (χ4v) is 4.92. The van der Waals surface area contributed by atoms with Crippen LogP contribution >= 0.6 is 22.9 Å². The molecule has 1 N–H and O–H groups in total. The monoisotopic (exact) mass is 488 g/mol. The van der Waals surface area contributed by atoms with Crippen LogP contribution in [-0.2, 0) is 14.9 Å². The summed E-state index contributed by atoms with van der Waals surface area (Å²) in [5.74, 6) is -0.622. The van der Waals surface area contributed by atoms with Gasteiger partial charge < -0.3 is 9.47 Å². The Balaban J connectivity index is 1.80. The zero-order valence-electron chi connectivity index (χ0n) is 17.9. The van der Waals surface area contributed by atoms with Crippen LogP contribution in [0.4, 0.5) is 14.9 Å². The minimum atomic E-state index is -0.776. The Morgan fingerprint density at radius 2 is 2.15 bits per heavy atom. The van der Waals surface area contributed by atoms with Gasteiger partial charge in [-0.25, -0.2) is 24.1 Å². The van der Waals surface area contributed by atoms with Crippen molar-refractivity contribution < 1.29 is 18.7 Å². The lowest BCUT2D eigenvalue weighted by Gasteiger charge is -2.31. The maximum atomic E-state index is 15.6. The van der Waals surface area contributed by atoms with E-state index in [1.54, 1.807) is 24.4 Å². The zero-order valence-corrected chi connectivity index (χ0v) is 19.5. The summed E-state index contributed by atoms with van der Waals surface area (Å²) in [7, 11) is 0. The standard InChI is InChI=1S/C23H22ClFN4O3S/c1-3-11-32-22(30)28-15-6-4-5-14(17(15)25)18-19(16-7-10-26-21(24)27-16)33-20(29-18)23(2)8-12-31-13-9-23/h3-7,10H,1,8-9,11-13H2,2H3,(H,28,30). The molecule has 0 radical (unpaired) electrons. The number of halogens is 2. The van der Waals surface area contributed by atoms with Gasteiger partial charge in [-0.3, -0.25) is 5.32 Å². The van der Waals surface area contributed by atoms with E-state index in [1.807, 2.05) is 0 Å². The number of nitrogens with zero attached hydrogens (tertiary/aromatic N) is 3. The van der Waals surface area contributed by atoms with E-state index in [4.69, 9.17) is 26.1 Å². The third-order valence-corrected chi connectivity index (χ3v) is 6.99. The summed E-state index contributed by atoms with van der Waals surface area (Å²) in [6, 6.07) is 6.44. The van der Waals surface area contributed by atoms with Crippen molar-refractivity contribution >= 4 is 34.7 Å². The fraction of sp³-hybridized carbons (Fsp3) is 0.304. The second-order valence-electron chi connectivity index (χ2n) is 7.76. The molecule has 0 spiro atoms. The number of nitrogens with one attached hydrogen (secondary N) is 1. The molecule has 172 valence electrons. The summed E-state index contributed by atoms with van der Waals surface area (Å²) in [5, 5.41) is 3.39. The molecule has 1 aliphatic heterocycles. The molecule has 7 nitrogen and oxygen atoms in total. The van der Waals surface area contributed by atoms with Crippen LogP contribution in [0.1, 0.15) is 24.8 Å². The molecule has 1 fully saturated rings. The summed E-state index contributed by atoms with van der Waals surface area (Å²) >= 11 is 7.49. The van der Waals surface area contributed by atoms with Gasteiger partial charge in [-0.05, 0) is 42.6 Å². The molecule has 1 aromatic carbocycles. The number of rotatable bonds is 6. The molecule has 0 saturated carbocycles. The van der Waals surface area contributed by atoms with Crippen LogP contribution in [0.2, 0.25) is 5.28 Å². The highest BCUT2D eigenvalue weighted by Gasteiger charge is 2.34. The molecule has 0 aliphatic carbocycles. The molecule has 0 unspecified atom stereocenters. The van der Waals surface area contributed by atoms with Gasteiger partial charge in [0.05, 0.1) is 27.0 Å². The van der Waals surface area contributed by atoms with E-state index in [-0.39, 0.29) is 28.6 Å². The van der Waals surface area contributed by atoms with E-state index < -0.39 is 11.9 Å². The highest BCUT2D eigenvalue weighted by atomic mass is 35.5. The van der Waals surface area contributed by atoms with Crippen LogP contribution in [0.15, 0.2) is 43.1 Å². The van der Waals surface area contributed by atoms with E-state index in [0.717, 1.165) is 17.8 Å². The topological polar surface area (TPSA) is 86.2 Å². The fourth-order valence-electron chi connectivity index (χ4n) is 3.52. The Labute approximate surface area is 199 Å². The van der Waals surface area contributed by atoms with Crippen molar-refractivity contribution in [2.45, 2.75) is 25.2 Å². The largest absolute Gasteiger partial charge is 0.445 e. The number of thiazole rings is 1. The summed E-state index contributed by atoms with van der Waals surface area (Å²) in [6.07, 6.45) is 3.82. The number of aromatic nitrogens is 3. The van der Waals surface area contributed by atoms with Gasteiger partial charge in [0.1, 0.15) is 6.61 Å². The van der Waals surface area contributed by atoms with E-state index in [1.165, 1.54) is 23.5 Å². The molecule has 0 atom stereocenters. The predicted octanol–water partition coefficient (Wildman–Crippen LogP) is 5.86. The molecule has 1 amide bonds. The summed E-state index contributed by atoms with van der Waals surface area (Å²) < 4.78 is 26.0. The smallest absolute Gasteiger partial charge is 0.412 e. The second kappa shape index (κ2) is 9.94. The third kappa shape index (κ3) is 5.05. The lowest BCUT2D eigenvalue weighted by molar-refractivity contribution is 0.0564. The van der Waals surface area contributed by atoms with Gasteiger partial charge >= 0.3 is 6.09 Å². The predicted molar refractivity (Wildman–Crippen MR) is 126 cm³/mol. The van der Waals surface area contributed by atoms with Gasteiger partial charge in [0.25, 0.3) is 0 Å². The molecular formula is C23H22ClFN4O3S. The highest BCUT2D eigenvalue weighted by Crippen LogP contribution is 2.44. The summed E-state index contributed by atoms with van der Waals surface area (Å²) in [4.78, 5) is 25.8. The molecule has 1 saturated heterocycles. The zero-order chi connectivity index (χ0) is 23.4. The van der Waals surface area contributed by atoms with Gasteiger partial charge in [-0.2, -0.15) is 0 Å². The number of ether oxygens (including phenoxy) is 2. The summed E-state index contributed by atoms with van der Waals surface area (Å²) in [5.41, 5.74) is 0.998. The molecule has 10 heteroatoms. The van der Waals surface area contributed by atoms with Gasteiger partial charge in [-0.1, -0.05) is 25.6 Å². The first-order valence-electron chi connectivity index (χ1n) is 10.3. The number of carbonyl (C=O) groups excluding carboxylic acids is 1. The molecular weight excluding hydrogens is 467 g/mol. The number of anilines is 1. The van der Waals surface area contributed by atoms with Crippen molar-refractivity contribution in [3.8, 4) is 21.8 Å². The summed E-state index contributed by atoms with van der Waals surface area (Å²) in [6.45, 7) is 6.92. The number of hydrogen-bond donors (Lipinski definition) is 1. The molecule has 2 aromatic heterocycles. The first-order chi connectivity index (χ1) is 15.9. The molecule has 4 rings (SSSR count). The SMILES string of the molecule is C=CCOC(=O)Nc1cccc(-c2nc(C3(C)CCOCC3)sc2-c2ccnc(Cl)n2)c1F. The lowest BCUT2D eigenvalue weighted by Crippen LogP contribution is -2.30. The van der Waals surface area contributed by atoms with Crippen molar-refractivity contribution in [2.75, 3.05) is 25.1 Å². The van der Waals surface area contributed by atoms with E-state index in [9.17, 15) is 4.79 Å². The van der Waals surface area contributed by atoms with Crippen molar-refractivity contribution in [2.24, 2.45) is 0 Å². The number of amides is 1. The van der Waals surface area contributed by atoms with Crippen molar-refractivity contribution in [1.29, 1.82) is 0 Å². The Hall–Kier alpha value is -2.88. The first-order valence-corrected chi connectivity index (χ1v) is 11.5. The van der Waals surface area contributed by atoms with Crippen LogP contribution in [0.25, 0.3) is 21.8 Å². The van der Waals surface area contributed by atoms with E-state index in [2.05, 4.69) is 28.8 Å². The average Bonchev–Trinajstić information content (AvgIpc) is 3.26. The molecule has 3 aromatic rings. The van der Waals surface area contributed by atoms with Crippen LogP contribution in [0.3, 0.4) is 0 Å². The molecule has 0 bridgehead atoms. The first kappa shape index (κ1) is 23.3. The Morgan fingerprint density at radius 3 is 2.88 bits per heavy atom. The van der Waals surface area contributed by atoms with Crippen LogP contribution in [0.5, 0.6) is 0 Å². The van der Waals surface area contributed by atoms with Crippen molar-refractivity contribution in [3.05, 3.63) is 59.2 Å². The Kier molecular flexibility index (Phi) is 7.02. The molecule has 3 heterocycles. The second-order valence-corrected chi connectivity index (χ2v) is 9.10. The third-order valence-electron chi connectivity index (χ3n) is 5.42. The number of benzene rings is 1. The maximum Gasteiger partial charge on any atom is 0.412 e. The van der Waals surface area contributed by atoms with Crippen LogP contribution in [0, 0.1) is 5.82 Å². The van der Waals surface area contributed by atoms with Gasteiger partial charge in [0.15, 0.2) is 5.82 Å². The minimum Gasteiger partial charge on any atom is -0.445 e. The van der Waals surface area contributed by atoms with Crippen LogP contribution in [-0.4, -0.2) is 40.9 Å². The average molecular weight is 489 g/mol. The lowest BCUT2D eigenvalue weighted by atomic mass is 9.83. The highest BCUT2D eigenvalue weighted by molar-refractivity contribution is 7.15. The maximum absolute atomic E-state index is 15.6. The molecule has 33 heavy (non-hydrogen) atoms. The Bertz CT molecular complexity index is 1180. The number of carbonyl (C=O) groups is 1. The van der Waals surface area contributed by atoms with E-state index >= 15 is 4.39 Å². The quantitative estimate of drug-likeness (QED) is 0.345. The normalized spacial score (nSPS) is 15.1. The van der Waals surface area contributed by atoms with Gasteiger partial charge in [0.2, 0.25) is 5.28 Å². The van der Waals surface area contributed by atoms with Crippen LogP contribution < -0.4 is 5.32 Å². The number of hydrogen-bond acceptors (Lipinski definition) is 7. The van der Waals surface area contributed by atoms with E-state index in [0.29, 0.717) is 29.5 Å². The minimum absolute atomic E-state index is 0.0138.